The van der Waals surface area contributed by atoms with Crippen LogP contribution in [0.15, 0.2) is 18.2 Å². The van der Waals surface area contributed by atoms with Crippen molar-refractivity contribution >= 4 is 15.9 Å². The highest BCUT2D eigenvalue weighted by Crippen LogP contribution is 2.23. The zero-order chi connectivity index (χ0) is 16.2. The summed E-state index contributed by atoms with van der Waals surface area (Å²) >= 11 is 0. The number of amides is 1. The van der Waals surface area contributed by atoms with Gasteiger partial charge in [0.2, 0.25) is 10.0 Å². The van der Waals surface area contributed by atoms with Crippen molar-refractivity contribution in [3.8, 4) is 0 Å². The van der Waals surface area contributed by atoms with Crippen LogP contribution in [0.1, 0.15) is 47.7 Å². The number of carbonyl (C=O) groups is 1. The molecule has 0 aromatic heterocycles. The van der Waals surface area contributed by atoms with E-state index in [0.717, 1.165) is 30.4 Å². The van der Waals surface area contributed by atoms with Gasteiger partial charge in [-0.3, -0.25) is 10.0 Å². The number of hydrogen-bond acceptors (Lipinski definition) is 4. The van der Waals surface area contributed by atoms with Gasteiger partial charge in [-0.2, -0.15) is 0 Å². The van der Waals surface area contributed by atoms with Crippen LogP contribution in [-0.2, 0) is 22.9 Å². The zero-order valence-corrected chi connectivity index (χ0v) is 13.4. The van der Waals surface area contributed by atoms with E-state index in [1.165, 1.54) is 0 Å². The second-order valence-corrected chi connectivity index (χ2v) is 7.53. The number of carbonyl (C=O) groups excluding carboxylic acids is 1. The van der Waals surface area contributed by atoms with Crippen LogP contribution in [0.4, 0.5) is 0 Å². The number of aryl methyl sites for hydroxylation is 1. The Labute approximate surface area is 130 Å². The van der Waals surface area contributed by atoms with E-state index in [1.807, 2.05) is 13.0 Å². The van der Waals surface area contributed by atoms with Crippen molar-refractivity contribution in [3.63, 3.8) is 0 Å². The standard InChI is InChI=1S/C15H22N2O4S/c1-2-3-8-22(20,21)17-14-7-6-11-4-5-12(15(18)16-19)9-13(11)10-14/h4-5,9,14,17,19H,2-3,6-8,10H2,1H3,(H,16,18). The Morgan fingerprint density at radius 3 is 2.82 bits per heavy atom. The lowest BCUT2D eigenvalue weighted by molar-refractivity contribution is 0.0706. The summed E-state index contributed by atoms with van der Waals surface area (Å²) in [6.07, 6.45) is 3.59. The van der Waals surface area contributed by atoms with E-state index in [0.29, 0.717) is 18.4 Å². The number of sulfonamides is 1. The molecule has 0 aliphatic heterocycles. The highest BCUT2D eigenvalue weighted by molar-refractivity contribution is 7.89. The Balaban J connectivity index is 2.08. The highest BCUT2D eigenvalue weighted by Gasteiger charge is 2.23. The van der Waals surface area contributed by atoms with Crippen LogP contribution in [0, 0.1) is 0 Å². The fourth-order valence-electron chi connectivity index (χ4n) is 2.71. The van der Waals surface area contributed by atoms with Crippen molar-refractivity contribution in [2.75, 3.05) is 5.75 Å². The average Bonchev–Trinajstić information content (AvgIpc) is 2.51. The molecule has 1 aliphatic carbocycles. The van der Waals surface area contributed by atoms with E-state index in [-0.39, 0.29) is 11.8 Å². The quantitative estimate of drug-likeness (QED) is 0.544. The van der Waals surface area contributed by atoms with Gasteiger partial charge in [-0.25, -0.2) is 18.6 Å². The number of fused-ring (bicyclic) bond motifs is 1. The minimum absolute atomic E-state index is 0.137. The minimum Gasteiger partial charge on any atom is -0.288 e. The summed E-state index contributed by atoms with van der Waals surface area (Å²) in [6, 6.07) is 5.10. The molecule has 0 saturated carbocycles. The Bertz CT molecular complexity index is 643. The summed E-state index contributed by atoms with van der Waals surface area (Å²) in [5.41, 5.74) is 4.06. The van der Waals surface area contributed by atoms with Crippen molar-refractivity contribution in [1.82, 2.24) is 10.2 Å². The SMILES string of the molecule is CCCCS(=O)(=O)NC1CCc2ccc(C(=O)NO)cc2C1. The van der Waals surface area contributed by atoms with Crippen LogP contribution in [-0.4, -0.2) is 31.3 Å². The third kappa shape index (κ3) is 4.28. The predicted octanol–water partition coefficient (Wildman–Crippen LogP) is 1.38. The number of nitrogens with one attached hydrogen (secondary N) is 2. The molecule has 22 heavy (non-hydrogen) atoms. The van der Waals surface area contributed by atoms with Crippen molar-refractivity contribution in [1.29, 1.82) is 0 Å². The molecule has 6 nitrogen and oxygen atoms in total. The Kier molecular flexibility index (Phi) is 5.55. The number of hydroxylamine groups is 1. The molecule has 0 fully saturated rings. The van der Waals surface area contributed by atoms with Crippen LogP contribution in [0.3, 0.4) is 0 Å². The third-order valence-corrected chi connectivity index (χ3v) is 5.43. The number of benzene rings is 1. The van der Waals surface area contributed by atoms with Crippen molar-refractivity contribution < 1.29 is 18.4 Å². The second kappa shape index (κ2) is 7.21. The zero-order valence-electron chi connectivity index (χ0n) is 12.6. The van der Waals surface area contributed by atoms with Gasteiger partial charge in [0, 0.05) is 11.6 Å². The number of hydrogen-bond donors (Lipinski definition) is 3. The summed E-state index contributed by atoms with van der Waals surface area (Å²) in [7, 11) is -3.25. The topological polar surface area (TPSA) is 95.5 Å². The molecule has 1 aliphatic rings. The molecule has 122 valence electrons. The van der Waals surface area contributed by atoms with Crippen LogP contribution in [0.5, 0.6) is 0 Å². The molecule has 2 rings (SSSR count). The fourth-order valence-corrected chi connectivity index (χ4v) is 4.21. The lowest BCUT2D eigenvalue weighted by Crippen LogP contribution is -2.40. The molecule has 0 bridgehead atoms. The van der Waals surface area contributed by atoms with E-state index >= 15 is 0 Å². The molecule has 0 radical (unpaired) electrons. The molecule has 0 spiro atoms. The van der Waals surface area contributed by atoms with E-state index in [4.69, 9.17) is 5.21 Å². The first-order valence-corrected chi connectivity index (χ1v) is 9.16. The average molecular weight is 326 g/mol. The third-order valence-electron chi connectivity index (χ3n) is 3.91. The van der Waals surface area contributed by atoms with Crippen molar-refractivity contribution in [2.24, 2.45) is 0 Å². The predicted molar refractivity (Wildman–Crippen MR) is 83.3 cm³/mol. The molecule has 0 heterocycles. The monoisotopic (exact) mass is 326 g/mol. The smallest absolute Gasteiger partial charge is 0.274 e. The van der Waals surface area contributed by atoms with Gasteiger partial charge in [0.15, 0.2) is 0 Å². The van der Waals surface area contributed by atoms with Crippen LogP contribution < -0.4 is 10.2 Å². The van der Waals surface area contributed by atoms with Gasteiger partial charge in [0.1, 0.15) is 0 Å². The summed E-state index contributed by atoms with van der Waals surface area (Å²) in [5.74, 6) is -0.409. The molecule has 0 saturated heterocycles. The first kappa shape index (κ1) is 16.9. The molecule has 1 aromatic carbocycles. The molecule has 3 N–H and O–H groups in total. The highest BCUT2D eigenvalue weighted by atomic mass is 32.2. The van der Waals surface area contributed by atoms with E-state index < -0.39 is 15.9 Å². The lowest BCUT2D eigenvalue weighted by Gasteiger charge is -2.25. The Hall–Kier alpha value is -1.44. The maximum absolute atomic E-state index is 12.0. The van der Waals surface area contributed by atoms with E-state index in [1.54, 1.807) is 17.6 Å². The Morgan fingerprint density at radius 2 is 2.14 bits per heavy atom. The van der Waals surface area contributed by atoms with Crippen molar-refractivity contribution in [3.05, 3.63) is 34.9 Å². The largest absolute Gasteiger partial charge is 0.288 e. The Morgan fingerprint density at radius 1 is 1.36 bits per heavy atom. The summed E-state index contributed by atoms with van der Waals surface area (Å²) in [5, 5.41) is 8.69. The van der Waals surface area contributed by atoms with Crippen LogP contribution >= 0.6 is 0 Å². The van der Waals surface area contributed by atoms with Crippen LogP contribution in [0.25, 0.3) is 0 Å². The minimum atomic E-state index is -3.25. The van der Waals surface area contributed by atoms with Gasteiger partial charge in [-0.05, 0) is 48.9 Å². The number of rotatable bonds is 6. The van der Waals surface area contributed by atoms with Gasteiger partial charge in [0.25, 0.3) is 5.91 Å². The molecule has 1 aromatic rings. The molecule has 7 heteroatoms. The van der Waals surface area contributed by atoms with Gasteiger partial charge in [-0.15, -0.1) is 0 Å². The van der Waals surface area contributed by atoms with Gasteiger partial charge in [-0.1, -0.05) is 19.4 Å². The fraction of sp³-hybridized carbons (Fsp3) is 0.533. The molecular weight excluding hydrogens is 304 g/mol. The lowest BCUT2D eigenvalue weighted by atomic mass is 9.87. The van der Waals surface area contributed by atoms with E-state index in [9.17, 15) is 13.2 Å². The molecule has 1 amide bonds. The second-order valence-electron chi connectivity index (χ2n) is 5.65. The maximum atomic E-state index is 12.0. The van der Waals surface area contributed by atoms with Gasteiger partial charge < -0.3 is 0 Å². The normalized spacial score (nSPS) is 17.8. The summed E-state index contributed by atoms with van der Waals surface area (Å²) in [6.45, 7) is 1.96. The maximum Gasteiger partial charge on any atom is 0.274 e. The molecule has 1 atom stereocenters. The van der Waals surface area contributed by atoms with E-state index in [2.05, 4.69) is 4.72 Å². The molecular formula is C15H22N2O4S. The van der Waals surface area contributed by atoms with Gasteiger partial charge >= 0.3 is 0 Å². The van der Waals surface area contributed by atoms with Gasteiger partial charge in [0.05, 0.1) is 5.75 Å². The van der Waals surface area contributed by atoms with Crippen LogP contribution in [0.2, 0.25) is 0 Å². The number of unbranched alkanes of at least 4 members (excludes halogenated alkanes) is 1. The summed E-state index contributed by atoms with van der Waals surface area (Å²) in [4.78, 5) is 11.5. The first-order valence-electron chi connectivity index (χ1n) is 7.51. The van der Waals surface area contributed by atoms with Crippen molar-refractivity contribution in [2.45, 2.75) is 45.1 Å². The summed E-state index contributed by atoms with van der Waals surface area (Å²) < 4.78 is 26.7. The molecule has 1 unspecified atom stereocenters. The first-order chi connectivity index (χ1) is 10.4.